The molecule has 4 rings (SSSR count). The molecule has 0 spiro atoms. The number of H-pyrrole nitrogens is 1. The Balaban J connectivity index is 1.90. The average molecular weight is 308 g/mol. The number of aromatic nitrogens is 3. The van der Waals surface area contributed by atoms with Gasteiger partial charge in [0.05, 0.1) is 11.7 Å². The molecule has 1 amide bonds. The fraction of sp³-hybridized carbons (Fsp3) is 0.118. The summed E-state index contributed by atoms with van der Waals surface area (Å²) in [6.07, 6.45) is 3.43. The van der Waals surface area contributed by atoms with E-state index in [2.05, 4.69) is 15.2 Å². The van der Waals surface area contributed by atoms with Crippen LogP contribution in [0.4, 0.5) is 4.39 Å². The SMILES string of the molecule is CN1C(=O)c2[nH]nc(-c3ccc(F)cc3)c2C1c1cccnc1. The van der Waals surface area contributed by atoms with Gasteiger partial charge in [0, 0.05) is 30.6 Å². The van der Waals surface area contributed by atoms with Crippen LogP contribution in [0.5, 0.6) is 0 Å². The van der Waals surface area contributed by atoms with Crippen molar-refractivity contribution < 1.29 is 9.18 Å². The van der Waals surface area contributed by atoms with Gasteiger partial charge in [0.25, 0.3) is 5.91 Å². The number of carbonyl (C=O) groups is 1. The van der Waals surface area contributed by atoms with Gasteiger partial charge in [0.1, 0.15) is 11.5 Å². The Kier molecular flexibility index (Phi) is 2.97. The Morgan fingerprint density at radius 3 is 2.70 bits per heavy atom. The molecule has 0 saturated carbocycles. The van der Waals surface area contributed by atoms with Crippen molar-refractivity contribution in [3.63, 3.8) is 0 Å². The van der Waals surface area contributed by atoms with E-state index in [1.165, 1.54) is 12.1 Å². The van der Waals surface area contributed by atoms with Gasteiger partial charge in [-0.1, -0.05) is 6.07 Å². The van der Waals surface area contributed by atoms with E-state index in [1.807, 2.05) is 12.1 Å². The Morgan fingerprint density at radius 1 is 1.22 bits per heavy atom. The normalized spacial score (nSPS) is 16.7. The lowest BCUT2D eigenvalue weighted by Crippen LogP contribution is -2.24. The van der Waals surface area contributed by atoms with E-state index in [4.69, 9.17) is 0 Å². The van der Waals surface area contributed by atoms with Gasteiger partial charge in [-0.05, 0) is 35.9 Å². The quantitative estimate of drug-likeness (QED) is 0.792. The van der Waals surface area contributed by atoms with Crippen molar-refractivity contribution in [2.75, 3.05) is 7.05 Å². The molecule has 1 aliphatic heterocycles. The molecule has 1 aromatic carbocycles. The average Bonchev–Trinajstić information content (AvgIpc) is 3.10. The third-order valence-electron chi connectivity index (χ3n) is 4.12. The molecule has 1 atom stereocenters. The van der Waals surface area contributed by atoms with Crippen molar-refractivity contribution in [1.29, 1.82) is 0 Å². The van der Waals surface area contributed by atoms with Gasteiger partial charge in [0.2, 0.25) is 0 Å². The van der Waals surface area contributed by atoms with Crippen LogP contribution >= 0.6 is 0 Å². The molecule has 0 saturated heterocycles. The standard InChI is InChI=1S/C17H13FN4O/c1-22-16(11-3-2-8-19-9-11)13-14(20-21-15(13)17(22)23)10-4-6-12(18)7-5-10/h2-9,16H,1H3,(H,20,21). The highest BCUT2D eigenvalue weighted by molar-refractivity contribution is 5.99. The Hall–Kier alpha value is -3.02. The van der Waals surface area contributed by atoms with E-state index in [0.717, 1.165) is 16.7 Å². The number of rotatable bonds is 2. The van der Waals surface area contributed by atoms with E-state index in [0.29, 0.717) is 11.4 Å². The smallest absolute Gasteiger partial charge is 0.272 e. The molecule has 0 radical (unpaired) electrons. The summed E-state index contributed by atoms with van der Waals surface area (Å²) in [6, 6.07) is 9.60. The number of amides is 1. The van der Waals surface area contributed by atoms with Gasteiger partial charge in [-0.25, -0.2) is 4.39 Å². The number of nitrogens with one attached hydrogen (secondary N) is 1. The van der Waals surface area contributed by atoms with Gasteiger partial charge in [-0.3, -0.25) is 14.9 Å². The number of hydrogen-bond acceptors (Lipinski definition) is 3. The second-order valence-corrected chi connectivity index (χ2v) is 5.47. The van der Waals surface area contributed by atoms with Crippen LogP contribution in [-0.2, 0) is 0 Å². The lowest BCUT2D eigenvalue weighted by molar-refractivity contribution is 0.0787. The number of halogens is 1. The molecule has 3 aromatic rings. The van der Waals surface area contributed by atoms with Crippen molar-refractivity contribution in [3.05, 3.63) is 71.4 Å². The first-order chi connectivity index (χ1) is 11.2. The molecule has 0 fully saturated rings. The fourth-order valence-corrected chi connectivity index (χ4v) is 3.02. The summed E-state index contributed by atoms with van der Waals surface area (Å²) in [5, 5.41) is 7.11. The van der Waals surface area contributed by atoms with E-state index >= 15 is 0 Å². The molecule has 1 aliphatic rings. The van der Waals surface area contributed by atoms with Crippen LogP contribution in [-0.4, -0.2) is 33.0 Å². The highest BCUT2D eigenvalue weighted by Gasteiger charge is 2.40. The third kappa shape index (κ3) is 2.03. The summed E-state index contributed by atoms with van der Waals surface area (Å²) in [4.78, 5) is 18.3. The van der Waals surface area contributed by atoms with Crippen LogP contribution in [0.25, 0.3) is 11.3 Å². The lowest BCUT2D eigenvalue weighted by atomic mass is 9.97. The Bertz CT molecular complexity index is 873. The molecule has 114 valence electrons. The minimum Gasteiger partial charge on any atom is -0.329 e. The zero-order valence-corrected chi connectivity index (χ0v) is 12.3. The van der Waals surface area contributed by atoms with Gasteiger partial charge in [-0.2, -0.15) is 5.10 Å². The highest BCUT2D eigenvalue weighted by Crippen LogP contribution is 2.41. The van der Waals surface area contributed by atoms with Crippen LogP contribution in [0, 0.1) is 5.82 Å². The van der Waals surface area contributed by atoms with Crippen LogP contribution in [0.2, 0.25) is 0 Å². The Morgan fingerprint density at radius 2 is 2.00 bits per heavy atom. The van der Waals surface area contributed by atoms with Crippen LogP contribution in [0.15, 0.2) is 48.8 Å². The van der Waals surface area contributed by atoms with E-state index in [-0.39, 0.29) is 17.8 Å². The maximum atomic E-state index is 13.2. The number of benzene rings is 1. The monoisotopic (exact) mass is 308 g/mol. The fourth-order valence-electron chi connectivity index (χ4n) is 3.02. The number of nitrogens with zero attached hydrogens (tertiary/aromatic N) is 3. The number of hydrogen-bond donors (Lipinski definition) is 1. The number of pyridine rings is 1. The molecule has 1 N–H and O–H groups in total. The molecule has 6 heteroatoms. The van der Waals surface area contributed by atoms with Crippen molar-refractivity contribution in [1.82, 2.24) is 20.1 Å². The van der Waals surface area contributed by atoms with Gasteiger partial charge >= 0.3 is 0 Å². The summed E-state index contributed by atoms with van der Waals surface area (Å²) in [7, 11) is 1.75. The molecule has 0 aliphatic carbocycles. The van der Waals surface area contributed by atoms with Crippen molar-refractivity contribution >= 4 is 5.91 Å². The summed E-state index contributed by atoms with van der Waals surface area (Å²) in [5.74, 6) is -0.423. The van der Waals surface area contributed by atoms with Crippen LogP contribution < -0.4 is 0 Å². The number of carbonyl (C=O) groups excluding carboxylic acids is 1. The minimum atomic E-state index is -0.307. The van der Waals surface area contributed by atoms with Gasteiger partial charge < -0.3 is 4.90 Å². The van der Waals surface area contributed by atoms with E-state index < -0.39 is 0 Å². The topological polar surface area (TPSA) is 61.9 Å². The maximum absolute atomic E-state index is 13.2. The van der Waals surface area contributed by atoms with Crippen molar-refractivity contribution in [2.24, 2.45) is 0 Å². The van der Waals surface area contributed by atoms with Gasteiger partial charge in [0.15, 0.2) is 0 Å². The molecule has 0 bridgehead atoms. The zero-order chi connectivity index (χ0) is 16.0. The largest absolute Gasteiger partial charge is 0.329 e. The van der Waals surface area contributed by atoms with Crippen LogP contribution in [0.1, 0.15) is 27.7 Å². The molecule has 2 aromatic heterocycles. The van der Waals surface area contributed by atoms with Crippen molar-refractivity contribution in [3.8, 4) is 11.3 Å². The first kappa shape index (κ1) is 13.6. The Labute approximate surface area is 131 Å². The highest BCUT2D eigenvalue weighted by atomic mass is 19.1. The maximum Gasteiger partial charge on any atom is 0.272 e. The predicted molar refractivity (Wildman–Crippen MR) is 82.2 cm³/mol. The van der Waals surface area contributed by atoms with E-state index in [9.17, 15) is 9.18 Å². The minimum absolute atomic E-state index is 0.116. The first-order valence-electron chi connectivity index (χ1n) is 7.18. The van der Waals surface area contributed by atoms with Crippen molar-refractivity contribution in [2.45, 2.75) is 6.04 Å². The molecule has 1 unspecified atom stereocenters. The molecule has 5 nitrogen and oxygen atoms in total. The summed E-state index contributed by atoms with van der Waals surface area (Å²) < 4.78 is 13.2. The summed E-state index contributed by atoms with van der Waals surface area (Å²) in [6.45, 7) is 0. The van der Waals surface area contributed by atoms with E-state index in [1.54, 1.807) is 36.5 Å². The predicted octanol–water partition coefficient (Wildman–Crippen LogP) is 2.79. The van der Waals surface area contributed by atoms with Crippen LogP contribution in [0.3, 0.4) is 0 Å². The number of aromatic amines is 1. The second kappa shape index (κ2) is 5.01. The molecular formula is C17H13FN4O. The molecule has 3 heterocycles. The van der Waals surface area contributed by atoms with Gasteiger partial charge in [-0.15, -0.1) is 0 Å². The molecule has 23 heavy (non-hydrogen) atoms. The summed E-state index contributed by atoms with van der Waals surface area (Å²) in [5.41, 5.74) is 3.61. The summed E-state index contributed by atoms with van der Waals surface area (Å²) >= 11 is 0. The zero-order valence-electron chi connectivity index (χ0n) is 12.3. The lowest BCUT2D eigenvalue weighted by Gasteiger charge is -2.21. The molecular weight excluding hydrogens is 295 g/mol. The second-order valence-electron chi connectivity index (χ2n) is 5.47. The third-order valence-corrected chi connectivity index (χ3v) is 4.12. The number of fused-ring (bicyclic) bond motifs is 1. The first-order valence-corrected chi connectivity index (χ1v) is 7.18.